The highest BCUT2D eigenvalue weighted by Gasteiger charge is 2.31. The number of hydrogen-bond acceptors (Lipinski definition) is 3. The normalized spacial score (nSPS) is 20.3. The highest BCUT2D eigenvalue weighted by Crippen LogP contribution is 2.14. The van der Waals surface area contributed by atoms with Crippen molar-refractivity contribution in [3.63, 3.8) is 0 Å². The fraction of sp³-hybridized carbons (Fsp3) is 0.857. The Bertz CT molecular complexity index is 295. The van der Waals surface area contributed by atoms with Gasteiger partial charge in [-0.25, -0.2) is 8.42 Å². The van der Waals surface area contributed by atoms with Gasteiger partial charge >= 0.3 is 0 Å². The molecule has 1 atom stereocenters. The van der Waals surface area contributed by atoms with Crippen LogP contribution >= 0.6 is 10.7 Å². The molecular formula is C7H12ClNO3S. The summed E-state index contributed by atoms with van der Waals surface area (Å²) in [6.07, 6.45) is 1.89. The molecule has 0 saturated carbocycles. The largest absolute Gasteiger partial charge is 0.342 e. The van der Waals surface area contributed by atoms with Crippen LogP contribution in [0.5, 0.6) is 0 Å². The van der Waals surface area contributed by atoms with Gasteiger partial charge in [0.1, 0.15) is 0 Å². The number of hydrogen-bond donors (Lipinski definition) is 0. The van der Waals surface area contributed by atoms with Gasteiger partial charge in [0.05, 0.1) is 0 Å². The fourth-order valence-electron chi connectivity index (χ4n) is 1.32. The van der Waals surface area contributed by atoms with Crippen LogP contribution < -0.4 is 0 Å². The first-order valence-corrected chi connectivity index (χ1v) is 6.52. The van der Waals surface area contributed by atoms with E-state index in [2.05, 4.69) is 0 Å². The summed E-state index contributed by atoms with van der Waals surface area (Å²) < 4.78 is 21.7. The number of amides is 1. The Morgan fingerprint density at radius 3 is 2.23 bits per heavy atom. The Kier molecular flexibility index (Phi) is 3.18. The Labute approximate surface area is 82.3 Å². The molecule has 0 aromatic rings. The molecule has 0 N–H and O–H groups in total. The number of rotatable bonds is 2. The summed E-state index contributed by atoms with van der Waals surface area (Å²) in [5.74, 6) is -0.382. The molecule has 0 spiro atoms. The second-order valence-electron chi connectivity index (χ2n) is 3.15. The number of halogens is 1. The molecule has 4 nitrogen and oxygen atoms in total. The Balaban J connectivity index is 2.67. The van der Waals surface area contributed by atoms with Crippen LogP contribution in [0.1, 0.15) is 19.8 Å². The van der Waals surface area contributed by atoms with Gasteiger partial charge in [-0.15, -0.1) is 0 Å². The predicted octanol–water partition coefficient (Wildman–Crippen LogP) is 0.566. The zero-order chi connectivity index (χ0) is 10.1. The molecule has 1 saturated heterocycles. The molecule has 0 aromatic carbocycles. The molecule has 6 heteroatoms. The highest BCUT2D eigenvalue weighted by atomic mass is 35.7. The number of carbonyl (C=O) groups excluding carboxylic acids is 1. The molecule has 0 aromatic heterocycles. The Morgan fingerprint density at radius 1 is 1.38 bits per heavy atom. The van der Waals surface area contributed by atoms with Gasteiger partial charge in [-0.1, -0.05) is 0 Å². The molecule has 0 radical (unpaired) electrons. The Morgan fingerprint density at radius 2 is 1.85 bits per heavy atom. The van der Waals surface area contributed by atoms with Crippen LogP contribution in [-0.2, 0) is 13.8 Å². The van der Waals surface area contributed by atoms with E-state index in [1.807, 2.05) is 0 Å². The maximum absolute atomic E-state index is 11.5. The molecular weight excluding hydrogens is 214 g/mol. The monoisotopic (exact) mass is 225 g/mol. The quantitative estimate of drug-likeness (QED) is 0.646. The van der Waals surface area contributed by atoms with Crippen LogP contribution in [0.3, 0.4) is 0 Å². The van der Waals surface area contributed by atoms with Crippen molar-refractivity contribution < 1.29 is 13.2 Å². The number of carbonyl (C=O) groups is 1. The zero-order valence-electron chi connectivity index (χ0n) is 7.36. The van der Waals surface area contributed by atoms with Crippen LogP contribution in [0.4, 0.5) is 0 Å². The number of nitrogens with zero attached hydrogens (tertiary/aromatic N) is 1. The van der Waals surface area contributed by atoms with Gasteiger partial charge in [0.2, 0.25) is 15.0 Å². The van der Waals surface area contributed by atoms with E-state index >= 15 is 0 Å². The van der Waals surface area contributed by atoms with E-state index in [9.17, 15) is 13.2 Å². The maximum Gasteiger partial charge on any atom is 0.244 e. The molecule has 0 unspecified atom stereocenters. The lowest BCUT2D eigenvalue weighted by Crippen LogP contribution is -2.38. The lowest BCUT2D eigenvalue weighted by molar-refractivity contribution is -0.129. The van der Waals surface area contributed by atoms with Gasteiger partial charge in [0.25, 0.3) is 0 Å². The van der Waals surface area contributed by atoms with Gasteiger partial charge in [-0.05, 0) is 19.8 Å². The molecule has 1 rings (SSSR count). The van der Waals surface area contributed by atoms with Gasteiger partial charge in [-0.3, -0.25) is 4.79 Å². The molecule has 13 heavy (non-hydrogen) atoms. The summed E-state index contributed by atoms with van der Waals surface area (Å²) in [5, 5.41) is -1.12. The van der Waals surface area contributed by atoms with Crippen LogP contribution in [0.2, 0.25) is 0 Å². The third-order valence-electron chi connectivity index (χ3n) is 2.19. The van der Waals surface area contributed by atoms with Crippen LogP contribution in [0, 0.1) is 0 Å². The molecule has 1 fully saturated rings. The lowest BCUT2D eigenvalue weighted by Gasteiger charge is -2.17. The van der Waals surface area contributed by atoms with Gasteiger partial charge < -0.3 is 4.90 Å². The fourth-order valence-corrected chi connectivity index (χ4v) is 1.93. The van der Waals surface area contributed by atoms with E-state index in [0.717, 1.165) is 12.8 Å². The summed E-state index contributed by atoms with van der Waals surface area (Å²) in [7, 11) is 1.32. The summed E-state index contributed by atoms with van der Waals surface area (Å²) >= 11 is 0. The summed E-state index contributed by atoms with van der Waals surface area (Å²) in [5.41, 5.74) is 0. The van der Waals surface area contributed by atoms with Gasteiger partial charge in [-0.2, -0.15) is 0 Å². The van der Waals surface area contributed by atoms with E-state index in [1.54, 1.807) is 4.90 Å². The topological polar surface area (TPSA) is 54.5 Å². The van der Waals surface area contributed by atoms with Crippen molar-refractivity contribution in [3.8, 4) is 0 Å². The third-order valence-corrected chi connectivity index (χ3v) is 4.04. The smallest absolute Gasteiger partial charge is 0.244 e. The third kappa shape index (κ3) is 2.57. The van der Waals surface area contributed by atoms with Crippen molar-refractivity contribution in [3.05, 3.63) is 0 Å². The standard InChI is InChI=1S/C7H12ClNO3S/c1-6(13(8,11)12)7(10)9-4-2-3-5-9/h6H,2-5H2,1H3/t6-/m0/s1. The molecule has 1 amide bonds. The van der Waals surface area contributed by atoms with E-state index < -0.39 is 14.3 Å². The van der Waals surface area contributed by atoms with Crippen molar-refractivity contribution in [2.45, 2.75) is 25.0 Å². The van der Waals surface area contributed by atoms with Crippen LogP contribution in [-0.4, -0.2) is 37.6 Å². The van der Waals surface area contributed by atoms with Gasteiger partial charge in [0.15, 0.2) is 5.25 Å². The predicted molar refractivity (Wildman–Crippen MR) is 50.0 cm³/mol. The summed E-state index contributed by atoms with van der Waals surface area (Å²) in [4.78, 5) is 13.0. The second kappa shape index (κ2) is 3.84. The Hall–Kier alpha value is -0.290. The first-order valence-electron chi connectivity index (χ1n) is 4.15. The minimum atomic E-state index is -3.76. The number of likely N-dealkylation sites (tertiary alicyclic amines) is 1. The van der Waals surface area contributed by atoms with Crippen molar-refractivity contribution >= 4 is 25.6 Å². The average Bonchev–Trinajstić information content (AvgIpc) is 2.51. The summed E-state index contributed by atoms with van der Waals surface area (Å²) in [6, 6.07) is 0. The molecule has 76 valence electrons. The lowest BCUT2D eigenvalue weighted by atomic mass is 10.4. The minimum Gasteiger partial charge on any atom is -0.342 e. The van der Waals surface area contributed by atoms with Crippen LogP contribution in [0.25, 0.3) is 0 Å². The zero-order valence-corrected chi connectivity index (χ0v) is 8.94. The van der Waals surface area contributed by atoms with Crippen molar-refractivity contribution in [2.24, 2.45) is 0 Å². The van der Waals surface area contributed by atoms with E-state index in [1.165, 1.54) is 6.92 Å². The maximum atomic E-state index is 11.5. The molecule has 1 aliphatic rings. The molecule has 0 aliphatic carbocycles. The van der Waals surface area contributed by atoms with Gasteiger partial charge in [0, 0.05) is 23.8 Å². The summed E-state index contributed by atoms with van der Waals surface area (Å²) in [6.45, 7) is 2.62. The average molecular weight is 226 g/mol. The van der Waals surface area contributed by atoms with Crippen molar-refractivity contribution in [1.29, 1.82) is 0 Å². The van der Waals surface area contributed by atoms with Crippen molar-refractivity contribution in [2.75, 3.05) is 13.1 Å². The molecule has 0 bridgehead atoms. The minimum absolute atomic E-state index is 0.382. The molecule has 1 heterocycles. The van der Waals surface area contributed by atoms with E-state index in [0.29, 0.717) is 13.1 Å². The van der Waals surface area contributed by atoms with E-state index in [-0.39, 0.29) is 5.91 Å². The van der Waals surface area contributed by atoms with Crippen LogP contribution in [0.15, 0.2) is 0 Å². The first-order chi connectivity index (χ1) is 5.93. The van der Waals surface area contributed by atoms with Crippen molar-refractivity contribution in [1.82, 2.24) is 4.90 Å². The first kappa shape index (κ1) is 10.8. The highest BCUT2D eigenvalue weighted by molar-refractivity contribution is 8.14. The second-order valence-corrected chi connectivity index (χ2v) is 6.10. The SMILES string of the molecule is C[C@@H](C(=O)N1CCCC1)S(=O)(=O)Cl. The van der Waals surface area contributed by atoms with E-state index in [4.69, 9.17) is 10.7 Å². The molecule has 1 aliphatic heterocycles.